The van der Waals surface area contributed by atoms with Gasteiger partial charge in [-0.2, -0.15) is 5.10 Å². The number of benzene rings is 1. The number of hydrogen-bond donors (Lipinski definition) is 0. The third-order valence-electron chi connectivity index (χ3n) is 5.05. The minimum Gasteiger partial charge on any atom is -0.337 e. The fourth-order valence-electron chi connectivity index (χ4n) is 3.76. The maximum Gasteiger partial charge on any atom is 0.274 e. The summed E-state index contributed by atoms with van der Waals surface area (Å²) in [6.45, 7) is 3.85. The van der Waals surface area contributed by atoms with Crippen molar-refractivity contribution in [1.82, 2.24) is 14.7 Å². The number of amides is 1. The zero-order valence-electron chi connectivity index (χ0n) is 13.7. The van der Waals surface area contributed by atoms with Gasteiger partial charge in [0.15, 0.2) is 5.69 Å². The van der Waals surface area contributed by atoms with Crippen LogP contribution in [0.3, 0.4) is 0 Å². The largest absolute Gasteiger partial charge is 0.337 e. The van der Waals surface area contributed by atoms with Crippen LogP contribution in [0.15, 0.2) is 24.3 Å². The Morgan fingerprint density at radius 2 is 1.74 bits per heavy atom. The van der Waals surface area contributed by atoms with Crippen LogP contribution in [0.4, 0.5) is 0 Å². The molecule has 23 heavy (non-hydrogen) atoms. The molecule has 4 nitrogen and oxygen atoms in total. The smallest absolute Gasteiger partial charge is 0.274 e. The maximum absolute atomic E-state index is 12.9. The number of likely N-dealkylation sites (tertiary alicyclic amines) is 1. The topological polar surface area (TPSA) is 38.1 Å². The number of carbonyl (C=O) groups excluding carboxylic acids is 1. The van der Waals surface area contributed by atoms with Crippen molar-refractivity contribution in [2.45, 2.75) is 45.4 Å². The number of rotatable bonds is 2. The lowest BCUT2D eigenvalue weighted by Crippen LogP contribution is -2.36. The molecule has 1 amide bonds. The van der Waals surface area contributed by atoms with Crippen molar-refractivity contribution in [2.75, 3.05) is 13.1 Å². The second kappa shape index (κ2) is 5.84. The van der Waals surface area contributed by atoms with E-state index in [2.05, 4.69) is 31.2 Å². The summed E-state index contributed by atoms with van der Waals surface area (Å²) in [5, 5.41) is 4.73. The molecule has 1 aliphatic heterocycles. The van der Waals surface area contributed by atoms with Gasteiger partial charge in [0.25, 0.3) is 5.91 Å². The van der Waals surface area contributed by atoms with Crippen LogP contribution in [0, 0.1) is 6.92 Å². The second-order valence-electron chi connectivity index (χ2n) is 6.73. The Balaban J connectivity index is 1.72. The van der Waals surface area contributed by atoms with E-state index in [-0.39, 0.29) is 5.91 Å². The fraction of sp³-hybridized carbons (Fsp3) is 0.474. The molecule has 4 heteroatoms. The minimum atomic E-state index is 0.133. The van der Waals surface area contributed by atoms with E-state index in [4.69, 9.17) is 5.10 Å². The Hall–Kier alpha value is -2.10. The Morgan fingerprint density at radius 3 is 2.48 bits per heavy atom. The average Bonchev–Trinajstić information content (AvgIpc) is 3.18. The first-order chi connectivity index (χ1) is 11.2. The molecule has 0 bridgehead atoms. The molecule has 120 valence electrons. The summed E-state index contributed by atoms with van der Waals surface area (Å²) in [6, 6.07) is 8.39. The molecule has 1 aromatic carbocycles. The number of fused-ring (bicyclic) bond motifs is 1. The molecule has 1 saturated heterocycles. The highest BCUT2D eigenvalue weighted by Gasteiger charge is 2.29. The summed E-state index contributed by atoms with van der Waals surface area (Å²) in [6.07, 6.45) is 6.60. The van der Waals surface area contributed by atoms with Gasteiger partial charge in [0, 0.05) is 24.3 Å². The summed E-state index contributed by atoms with van der Waals surface area (Å²) >= 11 is 0. The van der Waals surface area contributed by atoms with Crippen molar-refractivity contribution in [3.8, 4) is 5.69 Å². The zero-order valence-corrected chi connectivity index (χ0v) is 13.7. The summed E-state index contributed by atoms with van der Waals surface area (Å²) in [4.78, 5) is 14.9. The summed E-state index contributed by atoms with van der Waals surface area (Å²) < 4.78 is 2.00. The molecular weight excluding hydrogens is 286 g/mol. The highest BCUT2D eigenvalue weighted by molar-refractivity contribution is 5.94. The molecule has 0 unspecified atom stereocenters. The van der Waals surface area contributed by atoms with Gasteiger partial charge in [-0.3, -0.25) is 4.79 Å². The van der Waals surface area contributed by atoms with Gasteiger partial charge in [-0.25, -0.2) is 4.68 Å². The number of nitrogens with zero attached hydrogens (tertiary/aromatic N) is 3. The van der Waals surface area contributed by atoms with Crippen molar-refractivity contribution in [2.24, 2.45) is 0 Å². The lowest BCUT2D eigenvalue weighted by atomic mass is 10.1. The average molecular weight is 309 g/mol. The minimum absolute atomic E-state index is 0.133. The van der Waals surface area contributed by atoms with E-state index in [9.17, 15) is 4.79 Å². The zero-order chi connectivity index (χ0) is 15.8. The van der Waals surface area contributed by atoms with Gasteiger partial charge >= 0.3 is 0 Å². The van der Waals surface area contributed by atoms with E-state index < -0.39 is 0 Å². The predicted molar refractivity (Wildman–Crippen MR) is 90.1 cm³/mol. The lowest BCUT2D eigenvalue weighted by Gasteiger charge is -2.26. The normalized spacial score (nSPS) is 17.3. The van der Waals surface area contributed by atoms with Crippen LogP contribution in [0.25, 0.3) is 5.69 Å². The van der Waals surface area contributed by atoms with Crippen molar-refractivity contribution in [3.63, 3.8) is 0 Å². The van der Waals surface area contributed by atoms with Crippen LogP contribution in [0.5, 0.6) is 0 Å². The Morgan fingerprint density at radius 1 is 1.00 bits per heavy atom. The van der Waals surface area contributed by atoms with Gasteiger partial charge in [-0.05, 0) is 57.6 Å². The molecule has 1 aromatic heterocycles. The molecule has 4 rings (SSSR count). The number of hydrogen-bond acceptors (Lipinski definition) is 2. The number of aromatic nitrogens is 2. The van der Waals surface area contributed by atoms with Gasteiger partial charge in [-0.15, -0.1) is 0 Å². The van der Waals surface area contributed by atoms with E-state index in [1.54, 1.807) is 0 Å². The van der Waals surface area contributed by atoms with Gasteiger partial charge in [-0.1, -0.05) is 17.7 Å². The Kier molecular flexibility index (Phi) is 3.68. The highest BCUT2D eigenvalue weighted by Crippen LogP contribution is 2.29. The van der Waals surface area contributed by atoms with Crippen LogP contribution in [-0.2, 0) is 12.8 Å². The van der Waals surface area contributed by atoms with Gasteiger partial charge < -0.3 is 4.90 Å². The molecule has 0 atom stereocenters. The van der Waals surface area contributed by atoms with Crippen molar-refractivity contribution in [3.05, 3.63) is 46.8 Å². The monoisotopic (exact) mass is 309 g/mol. The highest BCUT2D eigenvalue weighted by atomic mass is 16.2. The molecule has 0 spiro atoms. The predicted octanol–water partition coefficient (Wildman–Crippen LogP) is 3.30. The Bertz CT molecular complexity index is 724. The number of piperidine rings is 1. The third-order valence-corrected chi connectivity index (χ3v) is 5.05. The van der Waals surface area contributed by atoms with E-state index in [0.29, 0.717) is 5.69 Å². The van der Waals surface area contributed by atoms with Crippen LogP contribution >= 0.6 is 0 Å². The van der Waals surface area contributed by atoms with Gasteiger partial charge in [0.05, 0.1) is 5.69 Å². The number of aryl methyl sites for hydroxylation is 1. The van der Waals surface area contributed by atoms with Crippen LogP contribution in [0.1, 0.15) is 53.0 Å². The van der Waals surface area contributed by atoms with Crippen molar-refractivity contribution in [1.29, 1.82) is 0 Å². The van der Waals surface area contributed by atoms with E-state index in [0.717, 1.165) is 50.9 Å². The fourth-order valence-corrected chi connectivity index (χ4v) is 3.76. The van der Waals surface area contributed by atoms with E-state index in [1.165, 1.54) is 23.2 Å². The van der Waals surface area contributed by atoms with Crippen LogP contribution < -0.4 is 0 Å². The number of carbonyl (C=O) groups is 1. The second-order valence-corrected chi connectivity index (χ2v) is 6.73. The van der Waals surface area contributed by atoms with E-state index >= 15 is 0 Å². The third kappa shape index (κ3) is 2.56. The maximum atomic E-state index is 12.9. The standard InChI is InChI=1S/C19H23N3O/c1-14-8-10-15(11-9-14)22-17-7-5-6-16(17)18(20-22)19(23)21-12-3-2-4-13-21/h8-11H,2-7,12-13H2,1H3. The molecule has 0 N–H and O–H groups in total. The summed E-state index contributed by atoms with van der Waals surface area (Å²) in [7, 11) is 0. The first-order valence-corrected chi connectivity index (χ1v) is 8.71. The van der Waals surface area contributed by atoms with Crippen molar-refractivity contribution >= 4 is 5.91 Å². The van der Waals surface area contributed by atoms with E-state index in [1.807, 2.05) is 9.58 Å². The SMILES string of the molecule is Cc1ccc(-n2nc(C(=O)N3CCCCC3)c3c2CCC3)cc1. The van der Waals surface area contributed by atoms with Crippen LogP contribution in [-0.4, -0.2) is 33.7 Å². The van der Waals surface area contributed by atoms with Crippen molar-refractivity contribution < 1.29 is 4.79 Å². The lowest BCUT2D eigenvalue weighted by molar-refractivity contribution is 0.0717. The van der Waals surface area contributed by atoms with Gasteiger partial charge in [0.1, 0.15) is 0 Å². The van der Waals surface area contributed by atoms with Crippen LogP contribution in [0.2, 0.25) is 0 Å². The summed E-state index contributed by atoms with van der Waals surface area (Å²) in [5.74, 6) is 0.133. The molecule has 0 radical (unpaired) electrons. The molecule has 2 aliphatic rings. The van der Waals surface area contributed by atoms with Gasteiger partial charge in [0.2, 0.25) is 0 Å². The Labute approximate surface area is 137 Å². The molecule has 0 saturated carbocycles. The summed E-state index contributed by atoms with van der Waals surface area (Å²) in [5.41, 5.74) is 5.41. The molecule has 2 aromatic rings. The first-order valence-electron chi connectivity index (χ1n) is 8.71. The molecule has 1 aliphatic carbocycles. The molecule has 1 fully saturated rings. The first kappa shape index (κ1) is 14.5. The molecule has 2 heterocycles. The molecular formula is C19H23N3O. The quantitative estimate of drug-likeness (QED) is 0.853.